The van der Waals surface area contributed by atoms with Crippen molar-refractivity contribution in [2.45, 2.75) is 25.6 Å². The normalized spacial score (nSPS) is 10.6. The zero-order valence-electron chi connectivity index (χ0n) is 12.4. The van der Waals surface area contributed by atoms with Crippen molar-refractivity contribution in [3.8, 4) is 0 Å². The third kappa shape index (κ3) is 5.40. The smallest absolute Gasteiger partial charge is 0.126 e. The minimum atomic E-state index is 0.231. The molecule has 0 saturated heterocycles. The first-order valence-corrected chi connectivity index (χ1v) is 8.42. The fourth-order valence-electron chi connectivity index (χ4n) is 2.00. The number of hydrogen-bond acceptors (Lipinski definition) is 4. The van der Waals surface area contributed by atoms with Crippen LogP contribution in [-0.2, 0) is 18.7 Å². The second-order valence-electron chi connectivity index (χ2n) is 4.85. The van der Waals surface area contributed by atoms with Gasteiger partial charge in [-0.1, -0.05) is 31.2 Å². The van der Waals surface area contributed by atoms with Crippen LogP contribution < -0.4 is 5.32 Å². The average molecular weight is 302 g/mol. The highest BCUT2D eigenvalue weighted by Gasteiger charge is 1.99. The molecular weight excluding hydrogens is 280 g/mol. The lowest BCUT2D eigenvalue weighted by Gasteiger charge is -2.08. The molecule has 2 rings (SSSR count). The minimum Gasteiger partial charge on any atom is -0.396 e. The molecule has 0 aliphatic carbocycles. The van der Waals surface area contributed by atoms with Crippen LogP contribution in [-0.4, -0.2) is 22.5 Å². The molecule has 0 bridgehead atoms. The van der Waals surface area contributed by atoms with E-state index >= 15 is 0 Å². The molecule has 0 unspecified atom stereocenters. The molecular formula is C17H22N2OS. The maximum atomic E-state index is 8.80. The van der Waals surface area contributed by atoms with Crippen molar-refractivity contribution < 1.29 is 5.11 Å². The van der Waals surface area contributed by atoms with Crippen molar-refractivity contribution in [1.82, 2.24) is 4.98 Å². The monoisotopic (exact) mass is 302 g/mol. The molecule has 1 aromatic heterocycles. The summed E-state index contributed by atoms with van der Waals surface area (Å²) >= 11 is 1.73. The Kier molecular flexibility index (Phi) is 6.57. The van der Waals surface area contributed by atoms with Crippen LogP contribution in [0.5, 0.6) is 0 Å². The summed E-state index contributed by atoms with van der Waals surface area (Å²) in [6.45, 7) is 3.18. The molecule has 3 nitrogen and oxygen atoms in total. The van der Waals surface area contributed by atoms with Gasteiger partial charge in [0.25, 0.3) is 0 Å². The lowest BCUT2D eigenvalue weighted by molar-refractivity contribution is 0.322. The van der Waals surface area contributed by atoms with Crippen LogP contribution in [0.2, 0.25) is 0 Å². The third-order valence-electron chi connectivity index (χ3n) is 3.23. The van der Waals surface area contributed by atoms with Gasteiger partial charge in [0.05, 0.1) is 6.61 Å². The summed E-state index contributed by atoms with van der Waals surface area (Å²) in [7, 11) is 0. The van der Waals surface area contributed by atoms with E-state index in [-0.39, 0.29) is 6.61 Å². The van der Waals surface area contributed by atoms with E-state index in [0.717, 1.165) is 30.3 Å². The van der Waals surface area contributed by atoms with E-state index < -0.39 is 0 Å². The van der Waals surface area contributed by atoms with E-state index in [1.165, 1.54) is 16.7 Å². The Morgan fingerprint density at radius 2 is 1.86 bits per heavy atom. The summed E-state index contributed by atoms with van der Waals surface area (Å²) in [5.74, 6) is 2.58. The van der Waals surface area contributed by atoms with Gasteiger partial charge in [-0.2, -0.15) is 11.8 Å². The fourth-order valence-corrected chi connectivity index (χ4v) is 2.69. The Morgan fingerprint density at radius 1 is 1.10 bits per heavy atom. The lowest BCUT2D eigenvalue weighted by Crippen LogP contribution is -2.02. The number of hydrogen-bond donors (Lipinski definition) is 2. The van der Waals surface area contributed by atoms with E-state index in [1.54, 1.807) is 11.8 Å². The van der Waals surface area contributed by atoms with Gasteiger partial charge < -0.3 is 10.4 Å². The van der Waals surface area contributed by atoms with Crippen molar-refractivity contribution in [2.24, 2.45) is 0 Å². The van der Waals surface area contributed by atoms with Crippen molar-refractivity contribution >= 4 is 17.6 Å². The van der Waals surface area contributed by atoms with Gasteiger partial charge in [0.15, 0.2) is 0 Å². The highest BCUT2D eigenvalue weighted by atomic mass is 32.2. The maximum Gasteiger partial charge on any atom is 0.126 e. The largest absolute Gasteiger partial charge is 0.396 e. The van der Waals surface area contributed by atoms with Crippen LogP contribution in [0.1, 0.15) is 23.6 Å². The van der Waals surface area contributed by atoms with Crippen molar-refractivity contribution in [3.05, 3.63) is 59.3 Å². The number of thioether (sulfide) groups is 1. The Labute approximate surface area is 130 Å². The minimum absolute atomic E-state index is 0.231. The SMILES string of the molecule is CCc1ccc(CNc2cc(CSCCO)ccn2)cc1. The zero-order chi connectivity index (χ0) is 14.9. The van der Waals surface area contributed by atoms with Crippen LogP contribution in [0, 0.1) is 0 Å². The first-order valence-electron chi connectivity index (χ1n) is 7.27. The van der Waals surface area contributed by atoms with Crippen molar-refractivity contribution in [3.63, 3.8) is 0 Å². The summed E-state index contributed by atoms with van der Waals surface area (Å²) in [6, 6.07) is 12.8. The summed E-state index contributed by atoms with van der Waals surface area (Å²) in [5.41, 5.74) is 3.85. The van der Waals surface area contributed by atoms with Crippen LogP contribution in [0.4, 0.5) is 5.82 Å². The Morgan fingerprint density at radius 3 is 2.57 bits per heavy atom. The van der Waals surface area contributed by atoms with Crippen LogP contribution in [0.25, 0.3) is 0 Å². The van der Waals surface area contributed by atoms with Gasteiger partial charge in [-0.05, 0) is 35.2 Å². The van der Waals surface area contributed by atoms with Gasteiger partial charge in [-0.25, -0.2) is 4.98 Å². The number of anilines is 1. The molecule has 0 aliphatic rings. The molecule has 0 aliphatic heterocycles. The van der Waals surface area contributed by atoms with Gasteiger partial charge in [0.2, 0.25) is 0 Å². The first-order chi connectivity index (χ1) is 10.3. The summed E-state index contributed by atoms with van der Waals surface area (Å²) in [4.78, 5) is 4.35. The molecule has 2 aromatic rings. The quantitative estimate of drug-likeness (QED) is 0.733. The van der Waals surface area contributed by atoms with Crippen molar-refractivity contribution in [1.29, 1.82) is 0 Å². The van der Waals surface area contributed by atoms with E-state index in [9.17, 15) is 0 Å². The van der Waals surface area contributed by atoms with Crippen molar-refractivity contribution in [2.75, 3.05) is 17.7 Å². The van der Waals surface area contributed by atoms with Gasteiger partial charge >= 0.3 is 0 Å². The number of nitrogens with one attached hydrogen (secondary N) is 1. The van der Waals surface area contributed by atoms with Gasteiger partial charge in [-0.3, -0.25) is 0 Å². The van der Waals surface area contributed by atoms with E-state index in [2.05, 4.69) is 47.6 Å². The number of aliphatic hydroxyl groups excluding tert-OH is 1. The first kappa shape index (κ1) is 15.9. The fraction of sp³-hybridized carbons (Fsp3) is 0.353. The maximum absolute atomic E-state index is 8.80. The van der Waals surface area contributed by atoms with E-state index in [1.807, 2.05) is 12.3 Å². The highest BCUT2D eigenvalue weighted by Crippen LogP contribution is 2.15. The van der Waals surface area contributed by atoms with Gasteiger partial charge in [-0.15, -0.1) is 0 Å². The molecule has 21 heavy (non-hydrogen) atoms. The molecule has 4 heteroatoms. The molecule has 0 amide bonds. The molecule has 2 N–H and O–H groups in total. The Hall–Kier alpha value is -1.52. The zero-order valence-corrected chi connectivity index (χ0v) is 13.2. The number of rotatable bonds is 8. The van der Waals surface area contributed by atoms with E-state index in [0.29, 0.717) is 0 Å². The molecule has 0 spiro atoms. The number of aliphatic hydroxyl groups is 1. The van der Waals surface area contributed by atoms with Gasteiger partial charge in [0, 0.05) is 24.2 Å². The Balaban J connectivity index is 1.88. The number of aromatic nitrogens is 1. The molecule has 1 aromatic carbocycles. The second kappa shape index (κ2) is 8.70. The molecule has 1 heterocycles. The number of nitrogens with zero attached hydrogens (tertiary/aromatic N) is 1. The molecule has 0 atom stereocenters. The van der Waals surface area contributed by atoms with Crippen LogP contribution in [0.15, 0.2) is 42.6 Å². The number of pyridine rings is 1. The third-order valence-corrected chi connectivity index (χ3v) is 4.24. The Bertz CT molecular complexity index is 543. The summed E-state index contributed by atoms with van der Waals surface area (Å²) in [5, 5.41) is 12.2. The predicted molar refractivity (Wildman–Crippen MR) is 90.6 cm³/mol. The molecule has 0 saturated carbocycles. The molecule has 0 fully saturated rings. The highest BCUT2D eigenvalue weighted by molar-refractivity contribution is 7.98. The second-order valence-corrected chi connectivity index (χ2v) is 5.95. The standard InChI is InChI=1S/C17H22N2OS/c1-2-14-3-5-15(6-4-14)12-19-17-11-16(7-8-18-17)13-21-10-9-20/h3-8,11,20H,2,9-10,12-13H2,1H3,(H,18,19). The summed E-state index contributed by atoms with van der Waals surface area (Å²) in [6.07, 6.45) is 2.90. The van der Waals surface area contributed by atoms with Gasteiger partial charge in [0.1, 0.15) is 5.82 Å². The van der Waals surface area contributed by atoms with E-state index in [4.69, 9.17) is 5.11 Å². The van der Waals surface area contributed by atoms with Crippen LogP contribution in [0.3, 0.4) is 0 Å². The molecule has 0 radical (unpaired) electrons. The number of benzene rings is 1. The topological polar surface area (TPSA) is 45.1 Å². The average Bonchev–Trinajstić information content (AvgIpc) is 2.54. The number of aryl methyl sites for hydroxylation is 1. The lowest BCUT2D eigenvalue weighted by atomic mass is 10.1. The molecule has 112 valence electrons. The van der Waals surface area contributed by atoms with Crippen LogP contribution >= 0.6 is 11.8 Å². The summed E-state index contributed by atoms with van der Waals surface area (Å²) < 4.78 is 0. The predicted octanol–water partition coefficient (Wildman–Crippen LogP) is 3.48.